The molecule has 3 atom stereocenters. The van der Waals surface area contributed by atoms with Gasteiger partial charge < -0.3 is 29.0 Å². The van der Waals surface area contributed by atoms with E-state index >= 15 is 0 Å². The molecule has 0 radical (unpaired) electrons. The predicted molar refractivity (Wildman–Crippen MR) is 140 cm³/mol. The highest BCUT2D eigenvalue weighted by molar-refractivity contribution is 8.13. The number of hydrogen-bond donors (Lipinski definition) is 2. The molecule has 2 aromatic rings. The summed E-state index contributed by atoms with van der Waals surface area (Å²) in [5.41, 5.74) is 6.50. The van der Waals surface area contributed by atoms with E-state index in [1.807, 2.05) is 32.3 Å². The van der Waals surface area contributed by atoms with Crippen molar-refractivity contribution in [1.29, 1.82) is 0 Å². The Hall–Kier alpha value is -2.09. The van der Waals surface area contributed by atoms with E-state index < -0.39 is 19.9 Å². The molecule has 1 fully saturated rings. The van der Waals surface area contributed by atoms with Crippen molar-refractivity contribution in [3.05, 3.63) is 6.33 Å². The Morgan fingerprint density at radius 1 is 1.30 bits per heavy atom. The number of anilines is 1. The largest absolute Gasteiger partial charge is 0.476 e. The predicted octanol–water partition coefficient (Wildman–Crippen LogP) is 2.81. The van der Waals surface area contributed by atoms with Gasteiger partial charge in [0.1, 0.15) is 12.8 Å². The van der Waals surface area contributed by atoms with E-state index in [1.54, 1.807) is 6.33 Å². The summed E-state index contributed by atoms with van der Waals surface area (Å²) in [6, 6.07) is 0. The zero-order chi connectivity index (χ0) is 27.0. The van der Waals surface area contributed by atoms with E-state index in [1.165, 1.54) is 18.9 Å². The van der Waals surface area contributed by atoms with Crippen LogP contribution in [0.25, 0.3) is 11.2 Å². The zero-order valence-corrected chi connectivity index (χ0v) is 23.5. The lowest BCUT2D eigenvalue weighted by Crippen LogP contribution is -2.24. The Balaban J connectivity index is 1.55. The van der Waals surface area contributed by atoms with Gasteiger partial charge in [-0.2, -0.15) is 9.97 Å². The molecule has 1 saturated heterocycles. The molecule has 1 aliphatic rings. The summed E-state index contributed by atoms with van der Waals surface area (Å²) in [5, 5.41) is 3.02. The van der Waals surface area contributed by atoms with Crippen molar-refractivity contribution >= 4 is 48.5 Å². The second-order valence-corrected chi connectivity index (χ2v) is 11.5. The molecule has 2 aromatic heterocycles. The highest BCUT2D eigenvalue weighted by Gasteiger charge is 2.30. The molecular weight excluding hydrogens is 523 g/mol. The van der Waals surface area contributed by atoms with Crippen LogP contribution in [-0.2, 0) is 28.1 Å². The van der Waals surface area contributed by atoms with E-state index in [4.69, 9.17) is 24.3 Å². The zero-order valence-electron chi connectivity index (χ0n) is 21.8. The van der Waals surface area contributed by atoms with Crippen molar-refractivity contribution in [2.24, 2.45) is 5.41 Å². The van der Waals surface area contributed by atoms with Gasteiger partial charge in [0.2, 0.25) is 11.8 Å². The second kappa shape index (κ2) is 13.6. The molecule has 15 heteroatoms. The third kappa shape index (κ3) is 8.45. The molecule has 0 spiro atoms. The summed E-state index contributed by atoms with van der Waals surface area (Å²) in [7, 11) is -0.292. The van der Waals surface area contributed by atoms with Crippen LogP contribution in [0.2, 0.25) is 0 Å². The number of thioether (sulfide) groups is 1. The highest BCUT2D eigenvalue weighted by Crippen LogP contribution is 2.37. The number of esters is 1. The van der Waals surface area contributed by atoms with Gasteiger partial charge in [0.15, 0.2) is 16.3 Å². The van der Waals surface area contributed by atoms with E-state index in [9.17, 15) is 9.59 Å². The Labute approximate surface area is 221 Å². The van der Waals surface area contributed by atoms with Gasteiger partial charge in [-0.25, -0.2) is 10.1 Å². The normalized spacial score (nSPS) is 18.7. The summed E-state index contributed by atoms with van der Waals surface area (Å²) in [6.07, 6.45) is 2.57. The first kappa shape index (κ1) is 29.5. The molecule has 1 aliphatic heterocycles. The van der Waals surface area contributed by atoms with Gasteiger partial charge in [0.05, 0.1) is 39.4 Å². The molecule has 0 aliphatic carbocycles. The van der Waals surface area contributed by atoms with Crippen molar-refractivity contribution in [2.45, 2.75) is 52.9 Å². The van der Waals surface area contributed by atoms with Crippen molar-refractivity contribution in [3.8, 4) is 5.88 Å². The van der Waals surface area contributed by atoms with Gasteiger partial charge in [0.25, 0.3) is 8.53 Å². The quantitative estimate of drug-likeness (QED) is 0.210. The maximum absolute atomic E-state index is 12.1. The third-order valence-electron chi connectivity index (χ3n) is 5.18. The highest BCUT2D eigenvalue weighted by atomic mass is 32.2. The van der Waals surface area contributed by atoms with E-state index in [2.05, 4.69) is 24.8 Å². The molecular formula is C22H35N6O7PS. The SMILES string of the molecule is CCOc1nc(N)nc2c1ncn2C1CCC(COP(NCC(=O)OC)OCCSC(=O)C(C)(C)C)O1. The lowest BCUT2D eigenvalue weighted by molar-refractivity contribution is -0.139. The van der Waals surface area contributed by atoms with Gasteiger partial charge in [-0.1, -0.05) is 32.5 Å². The summed E-state index contributed by atoms with van der Waals surface area (Å²) in [5.74, 6) is 0.470. The number of fused-ring (bicyclic) bond motifs is 1. The van der Waals surface area contributed by atoms with Crippen LogP contribution in [0, 0.1) is 5.41 Å². The molecule has 206 valence electrons. The number of nitrogens with two attached hydrogens (primary N) is 1. The smallest absolute Gasteiger partial charge is 0.320 e. The van der Waals surface area contributed by atoms with Crippen LogP contribution >= 0.6 is 20.3 Å². The van der Waals surface area contributed by atoms with Crippen molar-refractivity contribution in [3.63, 3.8) is 0 Å². The average molecular weight is 559 g/mol. The van der Waals surface area contributed by atoms with Gasteiger partial charge in [-0.15, -0.1) is 0 Å². The van der Waals surface area contributed by atoms with Gasteiger partial charge in [-0.05, 0) is 19.8 Å². The maximum Gasteiger partial charge on any atom is 0.320 e. The van der Waals surface area contributed by atoms with Crippen LogP contribution in [0.3, 0.4) is 0 Å². The standard InChI is InChI=1S/C22H35N6O7PS/c1-6-32-19-17-18(26-21(23)27-19)28(13-24-17)15-8-7-14(35-15)12-34-36(25-11-16(29)31-5)33-9-10-37-20(30)22(2,3)4/h13-15,25H,6-12H2,1-5H3,(H2,23,26,27). The molecule has 13 nitrogen and oxygen atoms in total. The van der Waals surface area contributed by atoms with Crippen molar-refractivity contribution < 1.29 is 32.8 Å². The van der Waals surface area contributed by atoms with Gasteiger partial charge in [0, 0.05) is 11.2 Å². The molecule has 37 heavy (non-hydrogen) atoms. The van der Waals surface area contributed by atoms with Crippen LogP contribution in [0.4, 0.5) is 5.95 Å². The number of nitrogens with one attached hydrogen (secondary N) is 1. The molecule has 3 unspecified atom stereocenters. The third-order valence-corrected chi connectivity index (χ3v) is 7.64. The summed E-state index contributed by atoms with van der Waals surface area (Å²) >= 11 is 1.21. The fraction of sp³-hybridized carbons (Fsp3) is 0.682. The number of ether oxygens (including phenoxy) is 3. The van der Waals surface area contributed by atoms with Crippen LogP contribution in [0.5, 0.6) is 5.88 Å². The fourth-order valence-corrected chi connectivity index (χ4v) is 5.30. The summed E-state index contributed by atoms with van der Waals surface area (Å²) < 4.78 is 30.0. The number of carbonyl (C=O) groups excluding carboxylic acids is 2. The Bertz CT molecular complexity index is 1070. The molecule has 3 heterocycles. The summed E-state index contributed by atoms with van der Waals surface area (Å²) in [4.78, 5) is 36.5. The average Bonchev–Trinajstić information content (AvgIpc) is 3.49. The molecule has 0 amide bonds. The van der Waals surface area contributed by atoms with E-state index in [0.29, 0.717) is 35.8 Å². The number of rotatable bonds is 13. The lowest BCUT2D eigenvalue weighted by Gasteiger charge is -2.21. The molecule has 3 rings (SSSR count). The van der Waals surface area contributed by atoms with Crippen LogP contribution in [-0.4, -0.2) is 75.9 Å². The number of nitrogens with zero attached hydrogens (tertiary/aromatic N) is 4. The topological polar surface area (TPSA) is 162 Å². The van der Waals surface area contributed by atoms with Crippen molar-refractivity contribution in [2.75, 3.05) is 45.0 Å². The van der Waals surface area contributed by atoms with Gasteiger partial charge in [-0.3, -0.25) is 14.2 Å². The Kier molecular flexibility index (Phi) is 10.9. The number of aromatic nitrogens is 4. The number of carbonyl (C=O) groups is 2. The minimum Gasteiger partial charge on any atom is -0.476 e. The van der Waals surface area contributed by atoms with Crippen LogP contribution in [0.15, 0.2) is 6.33 Å². The first-order chi connectivity index (χ1) is 17.6. The number of imidazole rings is 1. The Morgan fingerprint density at radius 3 is 2.78 bits per heavy atom. The van der Waals surface area contributed by atoms with Crippen molar-refractivity contribution in [1.82, 2.24) is 24.6 Å². The number of nitrogen functional groups attached to an aromatic ring is 1. The first-order valence-corrected chi connectivity index (χ1v) is 14.1. The van der Waals surface area contributed by atoms with E-state index in [0.717, 1.165) is 6.42 Å². The second-order valence-electron chi connectivity index (χ2n) is 9.12. The first-order valence-electron chi connectivity index (χ1n) is 11.9. The fourth-order valence-electron chi connectivity index (χ4n) is 3.32. The van der Waals surface area contributed by atoms with E-state index in [-0.39, 0.29) is 43.2 Å². The number of methoxy groups -OCH3 is 1. The van der Waals surface area contributed by atoms with Crippen LogP contribution < -0.4 is 15.6 Å². The monoisotopic (exact) mass is 558 g/mol. The lowest BCUT2D eigenvalue weighted by atomic mass is 10.00. The molecule has 3 N–H and O–H groups in total. The minimum atomic E-state index is -1.60. The minimum absolute atomic E-state index is 0.0608. The summed E-state index contributed by atoms with van der Waals surface area (Å²) in [6.45, 7) is 8.38. The number of hydrogen-bond acceptors (Lipinski definition) is 13. The molecule has 0 saturated carbocycles. The maximum atomic E-state index is 12.1. The Morgan fingerprint density at radius 2 is 2.08 bits per heavy atom. The van der Waals surface area contributed by atoms with Gasteiger partial charge >= 0.3 is 5.97 Å². The molecule has 0 bridgehead atoms. The van der Waals surface area contributed by atoms with Crippen LogP contribution in [0.1, 0.15) is 46.8 Å². The molecule has 0 aromatic carbocycles.